The number of thioether (sulfide) groups is 1. The SMILES string of the molecule is Cc1cccc2nc(SCC(=O)O)n(CCC(F)(F)F)c12. The van der Waals surface area contributed by atoms with Gasteiger partial charge < -0.3 is 9.67 Å². The van der Waals surface area contributed by atoms with E-state index < -0.39 is 18.6 Å². The Morgan fingerprint density at radius 3 is 2.76 bits per heavy atom. The molecule has 8 heteroatoms. The first kappa shape index (κ1) is 15.7. The number of alkyl halides is 3. The van der Waals surface area contributed by atoms with Crippen LogP contribution in [-0.2, 0) is 11.3 Å². The second-order valence-electron chi connectivity index (χ2n) is 4.54. The molecule has 2 rings (SSSR count). The predicted molar refractivity (Wildman–Crippen MR) is 73.5 cm³/mol. The number of hydrogen-bond acceptors (Lipinski definition) is 3. The van der Waals surface area contributed by atoms with Gasteiger partial charge in [-0.3, -0.25) is 4.79 Å². The van der Waals surface area contributed by atoms with Crippen LogP contribution < -0.4 is 0 Å². The average Bonchev–Trinajstić information content (AvgIpc) is 2.72. The molecule has 21 heavy (non-hydrogen) atoms. The zero-order valence-electron chi connectivity index (χ0n) is 11.1. The number of benzene rings is 1. The highest BCUT2D eigenvalue weighted by Gasteiger charge is 2.28. The van der Waals surface area contributed by atoms with Gasteiger partial charge in [0.25, 0.3) is 0 Å². The van der Waals surface area contributed by atoms with Gasteiger partial charge in [0, 0.05) is 6.54 Å². The van der Waals surface area contributed by atoms with Crippen LogP contribution in [-0.4, -0.2) is 32.6 Å². The van der Waals surface area contributed by atoms with Crippen LogP contribution >= 0.6 is 11.8 Å². The predicted octanol–water partition coefficient (Wildman–Crippen LogP) is 3.47. The van der Waals surface area contributed by atoms with Crippen LogP contribution in [0.4, 0.5) is 13.2 Å². The van der Waals surface area contributed by atoms with E-state index >= 15 is 0 Å². The van der Waals surface area contributed by atoms with Gasteiger partial charge in [0.1, 0.15) is 0 Å². The summed E-state index contributed by atoms with van der Waals surface area (Å²) in [6, 6.07) is 5.27. The Balaban J connectivity index is 2.41. The molecular formula is C13H13F3N2O2S. The normalized spacial score (nSPS) is 12.0. The maximum atomic E-state index is 12.5. The van der Waals surface area contributed by atoms with E-state index in [4.69, 9.17) is 5.11 Å². The molecule has 1 heterocycles. The highest BCUT2D eigenvalue weighted by atomic mass is 32.2. The largest absolute Gasteiger partial charge is 0.481 e. The van der Waals surface area contributed by atoms with Crippen LogP contribution in [0.15, 0.2) is 23.4 Å². The van der Waals surface area contributed by atoms with E-state index in [0.717, 1.165) is 17.3 Å². The van der Waals surface area contributed by atoms with Crippen molar-refractivity contribution in [2.45, 2.75) is 31.2 Å². The number of fused-ring (bicyclic) bond motifs is 1. The molecule has 0 aliphatic heterocycles. The molecule has 0 amide bonds. The molecule has 0 saturated heterocycles. The molecule has 1 aromatic carbocycles. The minimum Gasteiger partial charge on any atom is -0.481 e. The maximum Gasteiger partial charge on any atom is 0.390 e. The Hall–Kier alpha value is -1.70. The molecule has 0 aliphatic rings. The summed E-state index contributed by atoms with van der Waals surface area (Å²) in [6.45, 7) is 1.52. The molecule has 0 saturated carbocycles. The zero-order chi connectivity index (χ0) is 15.6. The fourth-order valence-corrected chi connectivity index (χ4v) is 2.78. The summed E-state index contributed by atoms with van der Waals surface area (Å²) < 4.78 is 38.8. The summed E-state index contributed by atoms with van der Waals surface area (Å²) in [5.41, 5.74) is 2.00. The Bertz CT molecular complexity index is 667. The Morgan fingerprint density at radius 2 is 2.14 bits per heavy atom. The Labute approximate surface area is 123 Å². The topological polar surface area (TPSA) is 55.1 Å². The highest BCUT2D eigenvalue weighted by Crippen LogP contribution is 2.29. The Morgan fingerprint density at radius 1 is 1.43 bits per heavy atom. The van der Waals surface area contributed by atoms with E-state index in [-0.39, 0.29) is 12.3 Å². The number of imidazole rings is 1. The van der Waals surface area contributed by atoms with Crippen LogP contribution in [0.3, 0.4) is 0 Å². The number of carbonyl (C=O) groups is 1. The second-order valence-corrected chi connectivity index (χ2v) is 5.48. The number of aliphatic carboxylic acids is 1. The van der Waals surface area contributed by atoms with E-state index in [1.807, 2.05) is 0 Å². The average molecular weight is 318 g/mol. The molecule has 2 aromatic rings. The smallest absolute Gasteiger partial charge is 0.390 e. The quantitative estimate of drug-likeness (QED) is 0.858. The number of carboxylic acid groups (broad SMARTS) is 1. The number of rotatable bonds is 5. The van der Waals surface area contributed by atoms with Gasteiger partial charge in [-0.25, -0.2) is 4.98 Å². The third-order valence-corrected chi connectivity index (χ3v) is 3.84. The first-order valence-electron chi connectivity index (χ1n) is 6.15. The van der Waals surface area contributed by atoms with Crippen molar-refractivity contribution in [1.29, 1.82) is 0 Å². The standard InChI is InChI=1S/C13H13F3N2O2S/c1-8-3-2-4-9-11(8)18(6-5-13(14,15)16)12(17-9)21-7-10(19)20/h2-4H,5-7H2,1H3,(H,19,20). The summed E-state index contributed by atoms with van der Waals surface area (Å²) in [6.07, 6.45) is -5.25. The zero-order valence-corrected chi connectivity index (χ0v) is 12.0. The fraction of sp³-hybridized carbons (Fsp3) is 0.385. The van der Waals surface area contributed by atoms with Gasteiger partial charge in [-0.15, -0.1) is 0 Å². The number of para-hydroxylation sites is 1. The van der Waals surface area contributed by atoms with Crippen molar-refractivity contribution in [2.75, 3.05) is 5.75 Å². The van der Waals surface area contributed by atoms with Crippen LogP contribution in [0.5, 0.6) is 0 Å². The van der Waals surface area contributed by atoms with E-state index in [0.29, 0.717) is 16.2 Å². The molecule has 0 aliphatic carbocycles. The summed E-state index contributed by atoms with van der Waals surface area (Å²) >= 11 is 0.925. The molecule has 4 nitrogen and oxygen atoms in total. The van der Waals surface area contributed by atoms with Crippen molar-refractivity contribution in [2.24, 2.45) is 0 Å². The molecular weight excluding hydrogens is 305 g/mol. The number of aryl methyl sites for hydroxylation is 2. The van der Waals surface area contributed by atoms with Gasteiger partial charge in [0.2, 0.25) is 0 Å². The summed E-state index contributed by atoms with van der Waals surface area (Å²) in [5, 5.41) is 9.01. The minimum atomic E-state index is -4.27. The van der Waals surface area contributed by atoms with Crippen molar-refractivity contribution < 1.29 is 23.1 Å². The van der Waals surface area contributed by atoms with E-state index in [9.17, 15) is 18.0 Å². The van der Waals surface area contributed by atoms with Gasteiger partial charge in [-0.05, 0) is 18.6 Å². The lowest BCUT2D eigenvalue weighted by molar-refractivity contribution is -0.137. The van der Waals surface area contributed by atoms with Crippen molar-refractivity contribution in [3.8, 4) is 0 Å². The van der Waals surface area contributed by atoms with Crippen molar-refractivity contribution in [3.05, 3.63) is 23.8 Å². The fourth-order valence-electron chi connectivity index (χ4n) is 2.03. The molecule has 0 spiro atoms. The number of carboxylic acids is 1. The third-order valence-electron chi connectivity index (χ3n) is 2.88. The lowest BCUT2D eigenvalue weighted by atomic mass is 10.2. The van der Waals surface area contributed by atoms with Crippen LogP contribution in [0.25, 0.3) is 11.0 Å². The van der Waals surface area contributed by atoms with E-state index in [1.54, 1.807) is 25.1 Å². The summed E-state index contributed by atoms with van der Waals surface area (Å²) in [4.78, 5) is 14.9. The van der Waals surface area contributed by atoms with Gasteiger partial charge in [-0.2, -0.15) is 13.2 Å². The molecule has 0 unspecified atom stereocenters. The maximum absolute atomic E-state index is 12.5. The number of aromatic nitrogens is 2. The van der Waals surface area contributed by atoms with Gasteiger partial charge in [0.05, 0.1) is 23.2 Å². The Kier molecular flexibility index (Phi) is 4.46. The molecule has 114 valence electrons. The second kappa shape index (κ2) is 5.97. The minimum absolute atomic E-state index is 0.242. The van der Waals surface area contributed by atoms with Gasteiger partial charge in [-0.1, -0.05) is 23.9 Å². The molecule has 0 fully saturated rings. The van der Waals surface area contributed by atoms with Gasteiger partial charge in [0.15, 0.2) is 5.16 Å². The highest BCUT2D eigenvalue weighted by molar-refractivity contribution is 7.99. The molecule has 1 N–H and O–H groups in total. The first-order valence-corrected chi connectivity index (χ1v) is 7.13. The van der Waals surface area contributed by atoms with E-state index in [1.165, 1.54) is 4.57 Å². The van der Waals surface area contributed by atoms with Crippen LogP contribution in [0, 0.1) is 6.92 Å². The van der Waals surface area contributed by atoms with Crippen molar-refractivity contribution in [3.63, 3.8) is 0 Å². The molecule has 0 bridgehead atoms. The first-order chi connectivity index (χ1) is 9.78. The number of hydrogen-bond donors (Lipinski definition) is 1. The summed E-state index contributed by atoms with van der Waals surface area (Å²) in [7, 11) is 0. The number of halogens is 3. The lowest BCUT2D eigenvalue weighted by Gasteiger charge is -2.11. The van der Waals surface area contributed by atoms with Crippen molar-refractivity contribution in [1.82, 2.24) is 9.55 Å². The van der Waals surface area contributed by atoms with Gasteiger partial charge >= 0.3 is 12.1 Å². The van der Waals surface area contributed by atoms with Crippen LogP contribution in [0.2, 0.25) is 0 Å². The van der Waals surface area contributed by atoms with Crippen LogP contribution in [0.1, 0.15) is 12.0 Å². The monoisotopic (exact) mass is 318 g/mol. The summed E-state index contributed by atoms with van der Waals surface area (Å²) in [5.74, 6) is -1.28. The molecule has 0 atom stereocenters. The van der Waals surface area contributed by atoms with E-state index in [2.05, 4.69) is 4.98 Å². The molecule has 0 radical (unpaired) electrons. The lowest BCUT2D eigenvalue weighted by Crippen LogP contribution is -2.13. The molecule has 1 aromatic heterocycles. The van der Waals surface area contributed by atoms with Crippen molar-refractivity contribution >= 4 is 28.8 Å². The third kappa shape index (κ3) is 3.90. The number of nitrogens with zero attached hydrogens (tertiary/aromatic N) is 2.